The van der Waals surface area contributed by atoms with Gasteiger partial charge in [0.2, 0.25) is 10.0 Å². The van der Waals surface area contributed by atoms with Crippen LogP contribution >= 0.6 is 31.9 Å². The summed E-state index contributed by atoms with van der Waals surface area (Å²) in [5, 5.41) is 0.846. The van der Waals surface area contributed by atoms with E-state index in [1.807, 2.05) is 0 Å². The lowest BCUT2D eigenvalue weighted by Gasteiger charge is -2.13. The third-order valence-corrected chi connectivity index (χ3v) is 6.61. The van der Waals surface area contributed by atoms with E-state index in [1.54, 1.807) is 24.3 Å². The lowest BCUT2D eigenvalue weighted by molar-refractivity contribution is 0.538. The molecule has 2 rings (SSSR count). The van der Waals surface area contributed by atoms with Gasteiger partial charge in [0, 0.05) is 16.3 Å². The quantitative estimate of drug-likeness (QED) is 0.796. The van der Waals surface area contributed by atoms with E-state index in [9.17, 15) is 8.42 Å². The molecule has 6 heteroatoms. The van der Waals surface area contributed by atoms with Crippen LogP contribution in [0.15, 0.2) is 33.6 Å². The van der Waals surface area contributed by atoms with E-state index in [0.717, 1.165) is 18.2 Å². The molecule has 0 amide bonds. The zero-order valence-corrected chi connectivity index (χ0v) is 13.1. The Kier molecular flexibility index (Phi) is 3.97. The molecule has 0 heterocycles. The van der Waals surface area contributed by atoms with Crippen LogP contribution < -0.4 is 4.72 Å². The summed E-state index contributed by atoms with van der Waals surface area (Å²) in [5.74, 6) is 0. The monoisotopic (exact) mass is 381 g/mol. The molecule has 0 unspecified atom stereocenters. The number of nitrogens with one attached hydrogen (secondary N) is 1. The smallest absolute Gasteiger partial charge is 0.211 e. The van der Waals surface area contributed by atoms with Gasteiger partial charge < -0.3 is 0 Å². The van der Waals surface area contributed by atoms with Gasteiger partial charge >= 0.3 is 0 Å². The van der Waals surface area contributed by atoms with E-state index in [2.05, 4.69) is 36.6 Å². The normalized spacial score (nSPS) is 18.0. The highest BCUT2D eigenvalue weighted by Crippen LogP contribution is 2.46. The number of hydrogen-bond acceptors (Lipinski definition) is 2. The Bertz CT molecular complexity index is 512. The van der Waals surface area contributed by atoms with Gasteiger partial charge in [-0.3, -0.25) is 0 Å². The number of sulfonamides is 1. The summed E-state index contributed by atoms with van der Waals surface area (Å²) >= 11 is 6.68. The third-order valence-electron chi connectivity index (χ3n) is 3.00. The highest BCUT2D eigenvalue weighted by atomic mass is 79.9. The number of benzene rings is 1. The summed E-state index contributed by atoms with van der Waals surface area (Å²) in [5.41, 5.74) is 0.133. The summed E-state index contributed by atoms with van der Waals surface area (Å²) in [6.45, 7) is 0.502. The van der Waals surface area contributed by atoms with Crippen LogP contribution in [-0.2, 0) is 10.0 Å². The standard InChI is InChI=1S/C11H13Br2NO2S/c12-7-11(5-6-11)8-14-17(15,16)10-4-2-1-3-9(10)13/h1-4,14H,5-8H2. The Morgan fingerprint density at radius 2 is 1.94 bits per heavy atom. The lowest BCUT2D eigenvalue weighted by Crippen LogP contribution is -2.31. The maximum absolute atomic E-state index is 12.1. The molecule has 0 saturated heterocycles. The Balaban J connectivity index is 2.12. The molecule has 0 radical (unpaired) electrons. The fourth-order valence-electron chi connectivity index (χ4n) is 1.52. The van der Waals surface area contributed by atoms with Crippen LogP contribution in [-0.4, -0.2) is 20.3 Å². The lowest BCUT2D eigenvalue weighted by atomic mass is 10.1. The predicted molar refractivity (Wildman–Crippen MR) is 74.8 cm³/mol. The first-order chi connectivity index (χ1) is 7.99. The van der Waals surface area contributed by atoms with Gasteiger partial charge in [-0.2, -0.15) is 0 Å². The summed E-state index contributed by atoms with van der Waals surface area (Å²) < 4.78 is 27.4. The highest BCUT2D eigenvalue weighted by Gasteiger charge is 2.42. The molecule has 1 aliphatic rings. The van der Waals surface area contributed by atoms with Crippen LogP contribution in [0.3, 0.4) is 0 Å². The van der Waals surface area contributed by atoms with Gasteiger partial charge in [0.1, 0.15) is 0 Å². The maximum Gasteiger partial charge on any atom is 0.241 e. The van der Waals surface area contributed by atoms with Crippen LogP contribution in [0.2, 0.25) is 0 Å². The molecule has 1 aromatic rings. The first-order valence-electron chi connectivity index (χ1n) is 5.29. The first kappa shape index (κ1) is 13.5. The van der Waals surface area contributed by atoms with Crippen LogP contribution in [0.4, 0.5) is 0 Å². The van der Waals surface area contributed by atoms with E-state index in [0.29, 0.717) is 15.9 Å². The van der Waals surface area contributed by atoms with Crippen molar-refractivity contribution in [2.75, 3.05) is 11.9 Å². The van der Waals surface area contributed by atoms with Crippen molar-refractivity contribution in [1.82, 2.24) is 4.72 Å². The van der Waals surface area contributed by atoms with Crippen LogP contribution in [0.1, 0.15) is 12.8 Å². The first-order valence-corrected chi connectivity index (χ1v) is 8.69. The highest BCUT2D eigenvalue weighted by molar-refractivity contribution is 9.10. The molecule has 17 heavy (non-hydrogen) atoms. The molecule has 1 fully saturated rings. The molecule has 0 bridgehead atoms. The SMILES string of the molecule is O=S(=O)(NCC1(CBr)CC1)c1ccccc1Br. The van der Waals surface area contributed by atoms with Gasteiger partial charge in [0.25, 0.3) is 0 Å². The second-order valence-corrected chi connectivity index (χ2v) is 7.54. The second kappa shape index (κ2) is 4.99. The second-order valence-electron chi connectivity index (χ2n) is 4.39. The van der Waals surface area contributed by atoms with Crippen molar-refractivity contribution in [2.24, 2.45) is 5.41 Å². The maximum atomic E-state index is 12.1. The predicted octanol–water partition coefficient (Wildman–Crippen LogP) is 2.90. The van der Waals surface area contributed by atoms with E-state index in [-0.39, 0.29) is 5.41 Å². The van der Waals surface area contributed by atoms with E-state index in [4.69, 9.17) is 0 Å². The van der Waals surface area contributed by atoms with Gasteiger partial charge in [-0.15, -0.1) is 0 Å². The minimum Gasteiger partial charge on any atom is -0.211 e. The third kappa shape index (κ3) is 3.10. The fourth-order valence-corrected chi connectivity index (χ4v) is 4.44. The van der Waals surface area contributed by atoms with Gasteiger partial charge in [-0.25, -0.2) is 13.1 Å². The van der Waals surface area contributed by atoms with Crippen molar-refractivity contribution in [3.8, 4) is 0 Å². The summed E-state index contributed by atoms with van der Waals surface area (Å²) in [6.07, 6.45) is 2.16. The van der Waals surface area contributed by atoms with Gasteiger partial charge in [-0.05, 0) is 46.3 Å². The number of alkyl halides is 1. The average molecular weight is 383 g/mol. The van der Waals surface area contributed by atoms with Crippen molar-refractivity contribution >= 4 is 41.9 Å². The topological polar surface area (TPSA) is 46.2 Å². The Labute approximate surface area is 118 Å². The zero-order valence-electron chi connectivity index (χ0n) is 9.12. The average Bonchev–Trinajstić information content (AvgIpc) is 3.08. The Morgan fingerprint density at radius 3 is 2.47 bits per heavy atom. The van der Waals surface area contributed by atoms with E-state index < -0.39 is 10.0 Å². The number of rotatable bonds is 5. The molecule has 3 nitrogen and oxygen atoms in total. The molecule has 94 valence electrons. The molecule has 0 atom stereocenters. The summed E-state index contributed by atoms with van der Waals surface area (Å²) in [7, 11) is -3.41. The Hall–Kier alpha value is 0.0900. The van der Waals surface area contributed by atoms with Gasteiger partial charge in [0.05, 0.1) is 4.90 Å². The van der Waals surface area contributed by atoms with Crippen LogP contribution in [0, 0.1) is 5.41 Å². The van der Waals surface area contributed by atoms with Gasteiger partial charge in [-0.1, -0.05) is 28.1 Å². The molecule has 0 aliphatic heterocycles. The van der Waals surface area contributed by atoms with Crippen LogP contribution in [0.5, 0.6) is 0 Å². The van der Waals surface area contributed by atoms with E-state index in [1.165, 1.54) is 0 Å². The minimum atomic E-state index is -3.41. The number of halogens is 2. The number of hydrogen-bond donors (Lipinski definition) is 1. The molecule has 1 aromatic carbocycles. The largest absolute Gasteiger partial charge is 0.241 e. The van der Waals surface area contributed by atoms with Crippen molar-refractivity contribution in [2.45, 2.75) is 17.7 Å². The molecular weight excluding hydrogens is 370 g/mol. The van der Waals surface area contributed by atoms with Gasteiger partial charge in [0.15, 0.2) is 0 Å². The Morgan fingerprint density at radius 1 is 1.29 bits per heavy atom. The minimum absolute atomic E-state index is 0.133. The fraction of sp³-hybridized carbons (Fsp3) is 0.455. The molecule has 0 aromatic heterocycles. The van der Waals surface area contributed by atoms with E-state index >= 15 is 0 Å². The van der Waals surface area contributed by atoms with Crippen molar-refractivity contribution in [1.29, 1.82) is 0 Å². The van der Waals surface area contributed by atoms with Crippen LogP contribution in [0.25, 0.3) is 0 Å². The summed E-state index contributed by atoms with van der Waals surface area (Å²) in [4.78, 5) is 0.297. The zero-order chi connectivity index (χ0) is 12.5. The van der Waals surface area contributed by atoms with Crippen molar-refractivity contribution in [3.63, 3.8) is 0 Å². The van der Waals surface area contributed by atoms with Crippen molar-refractivity contribution in [3.05, 3.63) is 28.7 Å². The molecule has 1 saturated carbocycles. The molecule has 1 aliphatic carbocycles. The molecule has 0 spiro atoms. The summed E-state index contributed by atoms with van der Waals surface area (Å²) in [6, 6.07) is 6.84. The van der Waals surface area contributed by atoms with Crippen molar-refractivity contribution < 1.29 is 8.42 Å². The molecular formula is C11H13Br2NO2S. The molecule has 1 N–H and O–H groups in total.